The van der Waals surface area contributed by atoms with Crippen molar-refractivity contribution in [1.29, 1.82) is 0 Å². The van der Waals surface area contributed by atoms with Crippen molar-refractivity contribution in [3.05, 3.63) is 24.2 Å². The number of rotatable bonds is 4. The number of likely N-dealkylation sites (tertiary alicyclic amines) is 1. The van der Waals surface area contributed by atoms with Crippen LogP contribution in [0.1, 0.15) is 29.8 Å². The van der Waals surface area contributed by atoms with Crippen LogP contribution in [-0.4, -0.2) is 55.3 Å². The summed E-state index contributed by atoms with van der Waals surface area (Å²) in [6.07, 6.45) is 3.13. The second kappa shape index (κ2) is 6.50. The lowest BCUT2D eigenvalue weighted by atomic mass is 10.0. The molecule has 1 N–H and O–H groups in total. The Labute approximate surface area is 128 Å². The van der Waals surface area contributed by atoms with Gasteiger partial charge in [-0.15, -0.1) is 0 Å². The molecular formula is C15H20N2O5. The molecule has 1 aromatic rings. The Morgan fingerprint density at radius 3 is 2.59 bits per heavy atom. The Kier molecular flexibility index (Phi) is 4.44. The Morgan fingerprint density at radius 2 is 1.95 bits per heavy atom. The number of carbonyl (C=O) groups excluding carboxylic acids is 2. The van der Waals surface area contributed by atoms with E-state index >= 15 is 0 Å². The molecule has 2 saturated heterocycles. The van der Waals surface area contributed by atoms with E-state index in [2.05, 4.69) is 5.32 Å². The summed E-state index contributed by atoms with van der Waals surface area (Å²) in [5.41, 5.74) is 0. The number of nitrogens with one attached hydrogen (secondary N) is 1. The molecule has 3 rings (SSSR count). The maximum atomic E-state index is 12.1. The van der Waals surface area contributed by atoms with Crippen molar-refractivity contribution in [1.82, 2.24) is 10.2 Å². The molecule has 1 spiro atoms. The van der Waals surface area contributed by atoms with E-state index in [9.17, 15) is 9.59 Å². The van der Waals surface area contributed by atoms with Crippen molar-refractivity contribution in [2.45, 2.75) is 25.0 Å². The van der Waals surface area contributed by atoms with Crippen LogP contribution in [0.4, 0.5) is 0 Å². The lowest BCUT2D eigenvalue weighted by Gasteiger charge is -2.37. The quantitative estimate of drug-likeness (QED) is 0.888. The number of carbonyl (C=O) groups is 2. The zero-order valence-electron chi connectivity index (χ0n) is 12.4. The van der Waals surface area contributed by atoms with Crippen LogP contribution in [0.5, 0.6) is 0 Å². The normalized spacial score (nSPS) is 20.3. The molecule has 0 atom stereocenters. The van der Waals surface area contributed by atoms with E-state index in [0.29, 0.717) is 45.7 Å². The molecule has 0 aliphatic carbocycles. The number of ether oxygens (including phenoxy) is 2. The Hall–Kier alpha value is -1.86. The molecular weight excluding hydrogens is 288 g/mol. The molecule has 1 aromatic heterocycles. The number of furan rings is 1. The van der Waals surface area contributed by atoms with Crippen LogP contribution < -0.4 is 5.32 Å². The SMILES string of the molecule is O=C(NCCC(=O)N1CCC2(CC1)OCCO2)c1ccco1. The molecule has 0 saturated carbocycles. The van der Waals surface area contributed by atoms with Crippen molar-refractivity contribution < 1.29 is 23.5 Å². The van der Waals surface area contributed by atoms with Crippen LogP contribution in [-0.2, 0) is 14.3 Å². The van der Waals surface area contributed by atoms with Gasteiger partial charge >= 0.3 is 0 Å². The standard InChI is InChI=1S/C15H20N2O5/c18-13(3-6-16-14(19)12-2-1-9-20-12)17-7-4-15(5-8-17)21-10-11-22-15/h1-2,9H,3-8,10-11H2,(H,16,19). The zero-order valence-corrected chi connectivity index (χ0v) is 12.4. The van der Waals surface area contributed by atoms with Gasteiger partial charge in [0.2, 0.25) is 5.91 Å². The van der Waals surface area contributed by atoms with Gasteiger partial charge in [0.1, 0.15) is 0 Å². The summed E-state index contributed by atoms with van der Waals surface area (Å²) in [7, 11) is 0. The number of hydrogen-bond donors (Lipinski definition) is 1. The molecule has 0 unspecified atom stereocenters. The molecule has 7 heteroatoms. The van der Waals surface area contributed by atoms with Crippen molar-refractivity contribution in [2.24, 2.45) is 0 Å². The molecule has 2 aliphatic heterocycles. The van der Waals surface area contributed by atoms with E-state index in [1.165, 1.54) is 6.26 Å². The van der Waals surface area contributed by atoms with Gasteiger partial charge in [-0.25, -0.2) is 0 Å². The lowest BCUT2D eigenvalue weighted by molar-refractivity contribution is -0.187. The Balaban J connectivity index is 1.38. The molecule has 120 valence electrons. The highest BCUT2D eigenvalue weighted by molar-refractivity contribution is 5.91. The predicted molar refractivity (Wildman–Crippen MR) is 76.1 cm³/mol. The minimum absolute atomic E-state index is 0.0348. The smallest absolute Gasteiger partial charge is 0.286 e. The van der Waals surface area contributed by atoms with E-state index in [4.69, 9.17) is 13.9 Å². The fourth-order valence-electron chi connectivity index (χ4n) is 2.82. The van der Waals surface area contributed by atoms with Crippen LogP contribution in [0.3, 0.4) is 0 Å². The highest BCUT2D eigenvalue weighted by atomic mass is 16.7. The van der Waals surface area contributed by atoms with Crippen molar-refractivity contribution in [3.8, 4) is 0 Å². The summed E-state index contributed by atoms with van der Waals surface area (Å²) < 4.78 is 16.3. The molecule has 7 nitrogen and oxygen atoms in total. The van der Waals surface area contributed by atoms with Crippen LogP contribution >= 0.6 is 0 Å². The predicted octanol–water partition coefficient (Wildman–Crippen LogP) is 0.765. The first kappa shape index (κ1) is 15.1. The van der Waals surface area contributed by atoms with Gasteiger partial charge < -0.3 is 24.1 Å². The van der Waals surface area contributed by atoms with Crippen molar-refractivity contribution >= 4 is 11.8 Å². The van der Waals surface area contributed by atoms with Crippen molar-refractivity contribution in [2.75, 3.05) is 32.8 Å². The molecule has 0 aromatic carbocycles. The molecule has 3 heterocycles. The fraction of sp³-hybridized carbons (Fsp3) is 0.600. The second-order valence-corrected chi connectivity index (χ2v) is 5.47. The maximum Gasteiger partial charge on any atom is 0.286 e. The van der Waals surface area contributed by atoms with Crippen LogP contribution in [0.2, 0.25) is 0 Å². The van der Waals surface area contributed by atoms with Gasteiger partial charge in [0.25, 0.3) is 5.91 Å². The third-order valence-electron chi connectivity index (χ3n) is 4.06. The summed E-state index contributed by atoms with van der Waals surface area (Å²) in [6, 6.07) is 3.24. The molecule has 22 heavy (non-hydrogen) atoms. The number of hydrogen-bond acceptors (Lipinski definition) is 5. The number of amides is 2. The first-order valence-corrected chi connectivity index (χ1v) is 7.56. The van der Waals surface area contributed by atoms with Gasteiger partial charge in [-0.1, -0.05) is 0 Å². The minimum atomic E-state index is -0.468. The average Bonchev–Trinajstić information content (AvgIpc) is 3.20. The Bertz CT molecular complexity index is 512. The topological polar surface area (TPSA) is 81.0 Å². The summed E-state index contributed by atoms with van der Waals surface area (Å²) in [5.74, 6) is -0.483. The van der Waals surface area contributed by atoms with Crippen LogP contribution in [0, 0.1) is 0 Å². The first-order chi connectivity index (χ1) is 10.7. The second-order valence-electron chi connectivity index (χ2n) is 5.47. The molecule has 2 aliphatic rings. The van der Waals surface area contributed by atoms with E-state index in [-0.39, 0.29) is 24.0 Å². The summed E-state index contributed by atoms with van der Waals surface area (Å²) in [5, 5.41) is 2.67. The largest absolute Gasteiger partial charge is 0.459 e. The third-order valence-corrected chi connectivity index (χ3v) is 4.06. The van der Waals surface area contributed by atoms with Gasteiger partial charge in [0.05, 0.1) is 19.5 Å². The number of piperidine rings is 1. The number of nitrogens with zero attached hydrogens (tertiary/aromatic N) is 1. The zero-order chi connectivity index (χ0) is 15.4. The first-order valence-electron chi connectivity index (χ1n) is 7.56. The highest BCUT2D eigenvalue weighted by Gasteiger charge is 2.40. The molecule has 0 radical (unpaired) electrons. The molecule has 0 bridgehead atoms. The minimum Gasteiger partial charge on any atom is -0.459 e. The third kappa shape index (κ3) is 3.31. The molecule has 2 fully saturated rings. The van der Waals surface area contributed by atoms with Gasteiger partial charge in [0, 0.05) is 38.9 Å². The average molecular weight is 308 g/mol. The Morgan fingerprint density at radius 1 is 1.23 bits per heavy atom. The van der Waals surface area contributed by atoms with Crippen LogP contribution in [0.25, 0.3) is 0 Å². The lowest BCUT2D eigenvalue weighted by Crippen LogP contribution is -2.47. The maximum absolute atomic E-state index is 12.1. The van der Waals surface area contributed by atoms with Gasteiger partial charge in [0.15, 0.2) is 11.5 Å². The van der Waals surface area contributed by atoms with E-state index < -0.39 is 5.79 Å². The van der Waals surface area contributed by atoms with E-state index in [1.807, 2.05) is 0 Å². The molecule has 2 amide bonds. The highest BCUT2D eigenvalue weighted by Crippen LogP contribution is 2.31. The van der Waals surface area contributed by atoms with Gasteiger partial charge in [-0.05, 0) is 12.1 Å². The van der Waals surface area contributed by atoms with Crippen molar-refractivity contribution in [3.63, 3.8) is 0 Å². The fourth-order valence-corrected chi connectivity index (χ4v) is 2.82. The summed E-state index contributed by atoms with van der Waals surface area (Å²) in [6.45, 7) is 2.82. The van der Waals surface area contributed by atoms with Gasteiger partial charge in [-0.3, -0.25) is 9.59 Å². The van der Waals surface area contributed by atoms with Crippen LogP contribution in [0.15, 0.2) is 22.8 Å². The van der Waals surface area contributed by atoms with E-state index in [1.54, 1.807) is 17.0 Å². The monoisotopic (exact) mass is 308 g/mol. The van der Waals surface area contributed by atoms with E-state index in [0.717, 1.165) is 0 Å². The summed E-state index contributed by atoms with van der Waals surface area (Å²) >= 11 is 0. The van der Waals surface area contributed by atoms with Gasteiger partial charge in [-0.2, -0.15) is 0 Å². The summed E-state index contributed by atoms with van der Waals surface area (Å²) in [4.78, 5) is 25.6.